The molecule has 0 aliphatic carbocycles. The van der Waals surface area contributed by atoms with Gasteiger partial charge < -0.3 is 9.47 Å². The van der Waals surface area contributed by atoms with E-state index in [1.165, 1.54) is 19.2 Å². The Bertz CT molecular complexity index is 936. The van der Waals surface area contributed by atoms with E-state index in [1.807, 2.05) is 11.8 Å². The highest BCUT2D eigenvalue weighted by molar-refractivity contribution is 7.86. The number of hydrogen-bond donors (Lipinski definition) is 0. The molecule has 2 heterocycles. The van der Waals surface area contributed by atoms with Gasteiger partial charge in [-0.2, -0.15) is 8.42 Å². The lowest BCUT2D eigenvalue weighted by atomic mass is 9.88. The molecule has 8 nitrogen and oxygen atoms in total. The third-order valence-corrected chi connectivity index (χ3v) is 7.24. The summed E-state index contributed by atoms with van der Waals surface area (Å²) < 4.78 is 41.5. The molecule has 0 bridgehead atoms. The van der Waals surface area contributed by atoms with Gasteiger partial charge in [-0.1, -0.05) is 17.7 Å². The predicted molar refractivity (Wildman–Crippen MR) is 113 cm³/mol. The van der Waals surface area contributed by atoms with Crippen LogP contribution in [-0.4, -0.2) is 62.7 Å². The van der Waals surface area contributed by atoms with Gasteiger partial charge in [-0.25, -0.2) is 0 Å². The number of rotatable bonds is 6. The van der Waals surface area contributed by atoms with E-state index in [9.17, 15) is 18.0 Å². The second-order valence-electron chi connectivity index (χ2n) is 9.28. The van der Waals surface area contributed by atoms with Gasteiger partial charge in [-0.3, -0.25) is 18.7 Å². The highest BCUT2D eigenvalue weighted by Gasteiger charge is 2.61. The topological polar surface area (TPSA) is 99.2 Å². The van der Waals surface area contributed by atoms with Crippen molar-refractivity contribution in [2.24, 2.45) is 5.92 Å². The van der Waals surface area contributed by atoms with Crippen molar-refractivity contribution in [1.29, 1.82) is 0 Å². The maximum atomic E-state index is 13.0. The van der Waals surface area contributed by atoms with E-state index >= 15 is 0 Å². The van der Waals surface area contributed by atoms with Crippen molar-refractivity contribution in [3.63, 3.8) is 0 Å². The van der Waals surface area contributed by atoms with E-state index in [4.69, 9.17) is 13.7 Å². The van der Waals surface area contributed by atoms with Crippen molar-refractivity contribution in [1.82, 2.24) is 4.90 Å². The number of fused-ring (bicyclic) bond motifs is 1. The fourth-order valence-corrected chi connectivity index (χ4v) is 5.49. The Morgan fingerprint density at radius 3 is 2.42 bits per heavy atom. The van der Waals surface area contributed by atoms with Crippen LogP contribution >= 0.6 is 0 Å². The summed E-state index contributed by atoms with van der Waals surface area (Å²) in [5.41, 5.74) is -0.737. The van der Waals surface area contributed by atoms with Crippen LogP contribution in [0.2, 0.25) is 0 Å². The Morgan fingerprint density at radius 2 is 1.84 bits per heavy atom. The Kier molecular flexibility index (Phi) is 6.51. The van der Waals surface area contributed by atoms with E-state index < -0.39 is 45.2 Å². The molecule has 2 saturated heterocycles. The molecule has 0 N–H and O–H groups in total. The van der Waals surface area contributed by atoms with Gasteiger partial charge in [-0.15, -0.1) is 0 Å². The molecule has 0 spiro atoms. The van der Waals surface area contributed by atoms with Crippen molar-refractivity contribution in [2.75, 3.05) is 20.3 Å². The van der Waals surface area contributed by atoms with Crippen molar-refractivity contribution >= 4 is 22.1 Å². The average Bonchev–Trinajstić information content (AvgIpc) is 3.22. The summed E-state index contributed by atoms with van der Waals surface area (Å²) in [6.07, 6.45) is 1.50. The molecule has 2 fully saturated rings. The Hall–Kier alpha value is -1.97. The second kappa shape index (κ2) is 8.52. The first kappa shape index (κ1) is 23.7. The van der Waals surface area contributed by atoms with Gasteiger partial charge >= 0.3 is 11.9 Å². The molecular formula is C22H31NO7S. The van der Waals surface area contributed by atoms with Crippen LogP contribution in [0.3, 0.4) is 0 Å². The van der Waals surface area contributed by atoms with Gasteiger partial charge in [0.15, 0.2) is 0 Å². The minimum atomic E-state index is -4.02. The Labute approximate surface area is 184 Å². The molecule has 172 valence electrons. The van der Waals surface area contributed by atoms with Gasteiger partial charge in [-0.05, 0) is 65.6 Å². The second-order valence-corrected chi connectivity index (χ2v) is 10.9. The summed E-state index contributed by atoms with van der Waals surface area (Å²) >= 11 is 0. The number of aryl methyl sites for hydroxylation is 1. The van der Waals surface area contributed by atoms with Crippen LogP contribution < -0.4 is 0 Å². The normalized spacial score (nSPS) is 26.5. The lowest BCUT2D eigenvalue weighted by Crippen LogP contribution is -2.50. The van der Waals surface area contributed by atoms with Crippen LogP contribution in [0.5, 0.6) is 0 Å². The molecule has 0 saturated carbocycles. The number of carbonyl (C=O) groups is 2. The van der Waals surface area contributed by atoms with Gasteiger partial charge in [0.05, 0.1) is 24.5 Å². The molecule has 3 rings (SSSR count). The van der Waals surface area contributed by atoms with Crippen molar-refractivity contribution in [2.45, 2.75) is 69.0 Å². The molecule has 1 aromatic rings. The Morgan fingerprint density at radius 1 is 1.19 bits per heavy atom. The first-order valence-electron chi connectivity index (χ1n) is 10.4. The standard InChI is InChI=1S/C22H31NO7S/c1-15-7-9-16(10-8-15)31(26,27)29-14-18-17(19(24)30-21(2,3)4)13-22(20(25)28-5)11-6-12-23(18)22/h7-10,17-18H,6,11-14H2,1-5H3/t17-,18-,22+/m0/s1. The first-order valence-corrected chi connectivity index (χ1v) is 11.8. The maximum Gasteiger partial charge on any atom is 0.326 e. The molecule has 1 aromatic carbocycles. The quantitative estimate of drug-likeness (QED) is 0.478. The SMILES string of the molecule is COC(=O)[C@]12CCCN1[C@@H](COS(=O)(=O)c1ccc(C)cc1)[C@@H](C(=O)OC(C)(C)C)C2. The van der Waals surface area contributed by atoms with Crippen molar-refractivity contribution in [3.8, 4) is 0 Å². The summed E-state index contributed by atoms with van der Waals surface area (Å²) in [6.45, 7) is 7.46. The highest BCUT2D eigenvalue weighted by atomic mass is 32.2. The number of benzene rings is 1. The largest absolute Gasteiger partial charge is 0.468 e. The van der Waals surface area contributed by atoms with E-state index in [1.54, 1.807) is 32.9 Å². The van der Waals surface area contributed by atoms with E-state index in [0.717, 1.165) is 12.0 Å². The number of esters is 2. The van der Waals surface area contributed by atoms with Gasteiger partial charge in [0.25, 0.3) is 10.1 Å². The third-order valence-electron chi connectivity index (χ3n) is 5.94. The smallest absolute Gasteiger partial charge is 0.326 e. The van der Waals surface area contributed by atoms with E-state index in [0.29, 0.717) is 13.0 Å². The lowest BCUT2D eigenvalue weighted by molar-refractivity contribution is -0.161. The Balaban J connectivity index is 1.87. The minimum Gasteiger partial charge on any atom is -0.468 e. The van der Waals surface area contributed by atoms with Gasteiger partial charge in [0.2, 0.25) is 0 Å². The van der Waals surface area contributed by atoms with Crippen molar-refractivity contribution < 1.29 is 31.7 Å². The minimum absolute atomic E-state index is 0.0468. The van der Waals surface area contributed by atoms with Gasteiger partial charge in [0.1, 0.15) is 11.1 Å². The summed E-state index contributed by atoms with van der Waals surface area (Å²) in [6, 6.07) is 5.74. The van der Waals surface area contributed by atoms with E-state index in [-0.39, 0.29) is 17.9 Å². The molecule has 3 atom stereocenters. The molecule has 0 aromatic heterocycles. The monoisotopic (exact) mass is 453 g/mol. The van der Waals surface area contributed by atoms with Crippen LogP contribution in [0.25, 0.3) is 0 Å². The molecule has 31 heavy (non-hydrogen) atoms. The average molecular weight is 454 g/mol. The lowest BCUT2D eigenvalue weighted by Gasteiger charge is -2.32. The zero-order chi connectivity index (χ0) is 23.0. The molecular weight excluding hydrogens is 422 g/mol. The molecule has 9 heteroatoms. The number of hydrogen-bond acceptors (Lipinski definition) is 8. The molecule has 0 unspecified atom stereocenters. The van der Waals surface area contributed by atoms with Crippen molar-refractivity contribution in [3.05, 3.63) is 29.8 Å². The summed E-state index contributed by atoms with van der Waals surface area (Å²) in [7, 11) is -2.70. The fourth-order valence-electron chi connectivity index (χ4n) is 4.57. The maximum absolute atomic E-state index is 13.0. The van der Waals surface area contributed by atoms with E-state index in [2.05, 4.69) is 0 Å². The zero-order valence-corrected chi connectivity index (χ0v) is 19.5. The zero-order valence-electron chi connectivity index (χ0n) is 18.7. The predicted octanol–water partition coefficient (Wildman–Crippen LogP) is 2.44. The number of carbonyl (C=O) groups excluding carboxylic acids is 2. The molecule has 2 aliphatic rings. The highest BCUT2D eigenvalue weighted by Crippen LogP contribution is 2.47. The first-order chi connectivity index (χ1) is 14.4. The summed E-state index contributed by atoms with van der Waals surface area (Å²) in [4.78, 5) is 27.6. The summed E-state index contributed by atoms with van der Waals surface area (Å²) in [5.74, 6) is -1.58. The number of methoxy groups -OCH3 is 1. The van der Waals surface area contributed by atoms with Gasteiger partial charge in [0, 0.05) is 6.04 Å². The van der Waals surface area contributed by atoms with Crippen LogP contribution in [-0.2, 0) is 33.4 Å². The van der Waals surface area contributed by atoms with Crippen LogP contribution in [0.4, 0.5) is 0 Å². The molecule has 2 aliphatic heterocycles. The molecule has 0 amide bonds. The summed E-state index contributed by atoms with van der Waals surface area (Å²) in [5, 5.41) is 0. The van der Waals surface area contributed by atoms with Crippen LogP contribution in [0, 0.1) is 12.8 Å². The third kappa shape index (κ3) is 4.78. The molecule has 0 radical (unpaired) electrons. The van der Waals surface area contributed by atoms with Crippen LogP contribution in [0.1, 0.15) is 45.6 Å². The number of ether oxygens (including phenoxy) is 2. The van der Waals surface area contributed by atoms with Crippen LogP contribution in [0.15, 0.2) is 29.2 Å². The number of nitrogens with zero attached hydrogens (tertiary/aromatic N) is 1. The fraction of sp³-hybridized carbons (Fsp3) is 0.636.